The summed E-state index contributed by atoms with van der Waals surface area (Å²) >= 11 is 3.34. The van der Waals surface area contributed by atoms with Gasteiger partial charge in [-0.15, -0.1) is 0 Å². The molecule has 1 aliphatic heterocycles. The van der Waals surface area contributed by atoms with E-state index in [9.17, 15) is 25.2 Å². The Morgan fingerprint density at radius 1 is 1.20 bits per heavy atom. The second kappa shape index (κ2) is 7.02. The van der Waals surface area contributed by atoms with E-state index in [0.29, 0.717) is 16.5 Å². The van der Waals surface area contributed by atoms with E-state index in [0.717, 1.165) is 4.47 Å². The number of ether oxygens (including phenoxy) is 1. The van der Waals surface area contributed by atoms with Crippen LogP contribution in [0.2, 0.25) is 0 Å². The van der Waals surface area contributed by atoms with Gasteiger partial charge in [0.15, 0.2) is 6.23 Å². The highest BCUT2D eigenvalue weighted by atomic mass is 79.9. The van der Waals surface area contributed by atoms with E-state index < -0.39 is 43.2 Å². The molecule has 5 atom stereocenters. The Labute approximate surface area is 151 Å². The molecule has 1 saturated heterocycles. The van der Waals surface area contributed by atoms with Gasteiger partial charge in [0.05, 0.1) is 18.5 Å². The Bertz CT molecular complexity index is 790. The molecule has 0 saturated carbocycles. The van der Waals surface area contributed by atoms with Crippen LogP contribution in [0, 0.1) is 0 Å². The first-order chi connectivity index (χ1) is 11.8. The number of carboxylic acid groups (broad SMARTS) is 1. The Morgan fingerprint density at radius 2 is 1.92 bits per heavy atom. The van der Waals surface area contributed by atoms with Gasteiger partial charge < -0.3 is 34.8 Å². The molecule has 0 bridgehead atoms. The van der Waals surface area contributed by atoms with E-state index in [1.165, 1.54) is 10.8 Å². The first kappa shape index (κ1) is 18.3. The van der Waals surface area contributed by atoms with Crippen LogP contribution >= 0.6 is 15.9 Å². The van der Waals surface area contributed by atoms with Crippen molar-refractivity contribution in [1.82, 2.24) is 4.57 Å². The van der Waals surface area contributed by atoms with Crippen molar-refractivity contribution in [3.05, 3.63) is 34.4 Å². The molecule has 2 aromatic rings. The highest BCUT2D eigenvalue weighted by molar-refractivity contribution is 9.10. The van der Waals surface area contributed by atoms with E-state index in [-0.39, 0.29) is 6.42 Å². The van der Waals surface area contributed by atoms with Crippen molar-refractivity contribution in [1.29, 1.82) is 0 Å². The first-order valence-corrected chi connectivity index (χ1v) is 8.44. The third-order valence-electron chi connectivity index (χ3n) is 4.36. The van der Waals surface area contributed by atoms with Crippen LogP contribution < -0.4 is 0 Å². The molecular weight excluding hydrogens is 398 g/mol. The molecule has 25 heavy (non-hydrogen) atoms. The Balaban J connectivity index is 2.09. The number of benzene rings is 1. The Hall–Kier alpha value is -1.49. The van der Waals surface area contributed by atoms with Crippen molar-refractivity contribution >= 4 is 32.8 Å². The fourth-order valence-corrected chi connectivity index (χ4v) is 3.48. The van der Waals surface area contributed by atoms with Crippen LogP contribution in [0.3, 0.4) is 0 Å². The summed E-state index contributed by atoms with van der Waals surface area (Å²) in [5.74, 6) is -1.01. The van der Waals surface area contributed by atoms with Crippen molar-refractivity contribution in [2.24, 2.45) is 0 Å². The second-order valence-corrected chi connectivity index (χ2v) is 6.93. The van der Waals surface area contributed by atoms with E-state index >= 15 is 0 Å². The topological polar surface area (TPSA) is 132 Å². The number of carbonyl (C=O) groups is 1. The van der Waals surface area contributed by atoms with Gasteiger partial charge in [-0.25, -0.2) is 0 Å². The normalized spacial score (nSPS) is 29.9. The van der Waals surface area contributed by atoms with Gasteiger partial charge in [0.2, 0.25) is 0 Å². The molecule has 8 nitrogen and oxygen atoms in total. The molecule has 136 valence electrons. The van der Waals surface area contributed by atoms with Crippen LogP contribution in [0.1, 0.15) is 11.8 Å². The molecule has 0 aliphatic carbocycles. The second-order valence-electron chi connectivity index (χ2n) is 6.01. The number of aliphatic hydroxyl groups excluding tert-OH is 4. The summed E-state index contributed by atoms with van der Waals surface area (Å²) in [4.78, 5) is 11.1. The van der Waals surface area contributed by atoms with Crippen molar-refractivity contribution < 1.29 is 35.1 Å². The number of nitrogens with zero attached hydrogens (tertiary/aromatic N) is 1. The summed E-state index contributed by atoms with van der Waals surface area (Å²) in [6.07, 6.45) is -5.22. The number of hydrogen-bond acceptors (Lipinski definition) is 6. The van der Waals surface area contributed by atoms with E-state index in [4.69, 9.17) is 9.84 Å². The van der Waals surface area contributed by atoms with Gasteiger partial charge >= 0.3 is 5.97 Å². The molecule has 0 spiro atoms. The SMILES string of the molecule is O=C(O)Cc1cn([C@@H]2O[C@H](CO)[C@@H](O)[C@H](O)[C@H]2O)c2ccc(Br)cc12. The number of hydrogen-bond donors (Lipinski definition) is 5. The van der Waals surface area contributed by atoms with Crippen LogP contribution in [0.4, 0.5) is 0 Å². The van der Waals surface area contributed by atoms with E-state index in [1.807, 2.05) is 0 Å². The highest BCUT2D eigenvalue weighted by Crippen LogP contribution is 2.34. The summed E-state index contributed by atoms with van der Waals surface area (Å²) in [5, 5.41) is 49.3. The summed E-state index contributed by atoms with van der Waals surface area (Å²) in [5.41, 5.74) is 1.12. The van der Waals surface area contributed by atoms with E-state index in [1.54, 1.807) is 18.2 Å². The van der Waals surface area contributed by atoms with Crippen molar-refractivity contribution in [3.8, 4) is 0 Å². The Morgan fingerprint density at radius 3 is 2.56 bits per heavy atom. The lowest BCUT2D eigenvalue weighted by atomic mass is 9.98. The Kier molecular flexibility index (Phi) is 5.14. The predicted octanol–water partition coefficient (Wildman–Crippen LogP) is 0.00330. The average molecular weight is 416 g/mol. The molecule has 1 fully saturated rings. The molecular formula is C16H18BrNO7. The zero-order valence-corrected chi connectivity index (χ0v) is 14.6. The quantitative estimate of drug-likeness (QED) is 0.474. The maximum absolute atomic E-state index is 11.1. The molecule has 0 radical (unpaired) electrons. The molecule has 0 unspecified atom stereocenters. The number of halogens is 1. The molecule has 9 heteroatoms. The third kappa shape index (κ3) is 3.31. The maximum atomic E-state index is 11.1. The van der Waals surface area contributed by atoms with Crippen LogP contribution in [0.25, 0.3) is 10.9 Å². The number of carboxylic acids is 1. The van der Waals surface area contributed by atoms with Crippen LogP contribution in [0.15, 0.2) is 28.9 Å². The van der Waals surface area contributed by atoms with Crippen LogP contribution in [-0.2, 0) is 16.0 Å². The number of aromatic nitrogens is 1. The van der Waals surface area contributed by atoms with Crippen LogP contribution in [-0.4, -0.2) is 67.1 Å². The first-order valence-electron chi connectivity index (χ1n) is 7.64. The fourth-order valence-electron chi connectivity index (χ4n) is 3.12. The summed E-state index contributed by atoms with van der Waals surface area (Å²) in [7, 11) is 0. The molecule has 1 aromatic heterocycles. The fraction of sp³-hybridized carbons (Fsp3) is 0.438. The summed E-state index contributed by atoms with van der Waals surface area (Å²) < 4.78 is 7.85. The molecule has 5 N–H and O–H groups in total. The van der Waals surface area contributed by atoms with Gasteiger partial charge in [-0.1, -0.05) is 15.9 Å². The van der Waals surface area contributed by atoms with Gasteiger partial charge in [0.25, 0.3) is 0 Å². The number of aliphatic carboxylic acids is 1. The third-order valence-corrected chi connectivity index (χ3v) is 4.85. The molecule has 1 aliphatic rings. The minimum absolute atomic E-state index is 0.225. The lowest BCUT2D eigenvalue weighted by Gasteiger charge is -2.40. The molecule has 3 rings (SSSR count). The minimum atomic E-state index is -1.51. The molecule has 0 amide bonds. The summed E-state index contributed by atoms with van der Waals surface area (Å²) in [6.45, 7) is -0.534. The smallest absolute Gasteiger partial charge is 0.307 e. The lowest BCUT2D eigenvalue weighted by Crippen LogP contribution is -2.56. The summed E-state index contributed by atoms with van der Waals surface area (Å²) in [6, 6.07) is 5.24. The van der Waals surface area contributed by atoms with Gasteiger partial charge in [-0.05, 0) is 23.8 Å². The van der Waals surface area contributed by atoms with Crippen molar-refractivity contribution in [2.45, 2.75) is 37.1 Å². The van der Waals surface area contributed by atoms with Crippen molar-refractivity contribution in [2.75, 3.05) is 6.61 Å². The highest BCUT2D eigenvalue weighted by Gasteiger charge is 2.44. The van der Waals surface area contributed by atoms with Gasteiger partial charge in [-0.3, -0.25) is 4.79 Å². The van der Waals surface area contributed by atoms with Crippen LogP contribution in [0.5, 0.6) is 0 Å². The largest absolute Gasteiger partial charge is 0.481 e. The van der Waals surface area contributed by atoms with Gasteiger partial charge in [0.1, 0.15) is 24.4 Å². The maximum Gasteiger partial charge on any atom is 0.307 e. The number of rotatable bonds is 4. The van der Waals surface area contributed by atoms with Gasteiger partial charge in [-0.2, -0.15) is 0 Å². The number of aliphatic hydroxyl groups is 4. The van der Waals surface area contributed by atoms with Crippen molar-refractivity contribution in [3.63, 3.8) is 0 Å². The minimum Gasteiger partial charge on any atom is -0.481 e. The average Bonchev–Trinajstić information content (AvgIpc) is 2.90. The standard InChI is InChI=1S/C16H18BrNO7/c17-8-1-2-10-9(4-8)7(3-12(20)21)5-18(10)16-15(24)14(23)13(22)11(6-19)25-16/h1-2,4-5,11,13-16,19,22-24H,3,6H2,(H,20,21)/t11-,13-,14+,15-,16-/m1/s1. The van der Waals surface area contributed by atoms with E-state index in [2.05, 4.69) is 15.9 Å². The zero-order chi connectivity index (χ0) is 18.3. The lowest BCUT2D eigenvalue weighted by molar-refractivity contribution is -0.250. The molecule has 2 heterocycles. The monoisotopic (exact) mass is 415 g/mol. The zero-order valence-electron chi connectivity index (χ0n) is 13.0. The predicted molar refractivity (Wildman–Crippen MR) is 90.0 cm³/mol. The number of fused-ring (bicyclic) bond motifs is 1. The molecule has 1 aromatic carbocycles. The van der Waals surface area contributed by atoms with Gasteiger partial charge in [0, 0.05) is 16.1 Å².